The smallest absolute Gasteiger partial charge is 0.305 e. The number of ether oxygens (including phenoxy) is 1. The van der Waals surface area contributed by atoms with Gasteiger partial charge in [-0.2, -0.15) is 0 Å². The van der Waals surface area contributed by atoms with Gasteiger partial charge < -0.3 is 10.1 Å². The van der Waals surface area contributed by atoms with E-state index in [1.807, 2.05) is 24.3 Å². The molecular weight excluding hydrogens is 266 g/mol. The Bertz CT molecular complexity index is 511. The molecule has 1 heterocycles. The van der Waals surface area contributed by atoms with Crippen LogP contribution in [0.5, 0.6) is 0 Å². The van der Waals surface area contributed by atoms with Gasteiger partial charge in [0.2, 0.25) is 5.91 Å². The van der Waals surface area contributed by atoms with E-state index in [1.54, 1.807) is 6.08 Å². The van der Waals surface area contributed by atoms with E-state index in [0.29, 0.717) is 19.4 Å². The van der Waals surface area contributed by atoms with Gasteiger partial charge in [-0.25, -0.2) is 0 Å². The van der Waals surface area contributed by atoms with Crippen molar-refractivity contribution in [2.75, 3.05) is 13.7 Å². The van der Waals surface area contributed by atoms with Gasteiger partial charge in [0.25, 0.3) is 0 Å². The van der Waals surface area contributed by atoms with Gasteiger partial charge in [0, 0.05) is 19.0 Å². The Hall–Kier alpha value is -1.81. The third kappa shape index (κ3) is 3.83. The molecule has 1 aromatic carbocycles. The lowest BCUT2D eigenvalue weighted by molar-refractivity contribution is -0.140. The van der Waals surface area contributed by atoms with Gasteiger partial charge in [-0.1, -0.05) is 24.3 Å². The second kappa shape index (κ2) is 6.95. The normalized spacial score (nSPS) is 13.3. The molecule has 2 rings (SSSR count). The summed E-state index contributed by atoms with van der Waals surface area (Å²) in [6, 6.07) is 7.81. The number of methoxy groups -OCH3 is 1. The molecule has 0 radical (unpaired) electrons. The lowest BCUT2D eigenvalue weighted by Gasteiger charge is -2.09. The van der Waals surface area contributed by atoms with Crippen molar-refractivity contribution in [3.05, 3.63) is 41.5 Å². The standard InChI is InChI=1S/C14H15NO3.ClH/c1-18-14(17)7-6-10-4-2-3-5-12(10)11-8-13(16)15-9-11;/h2-5,8H,6-7,9H2,1H3,(H,15,16);1H. The van der Waals surface area contributed by atoms with Crippen LogP contribution in [0.4, 0.5) is 0 Å². The first kappa shape index (κ1) is 15.2. The quantitative estimate of drug-likeness (QED) is 0.855. The Balaban J connectivity index is 0.00000180. The number of hydrogen-bond donors (Lipinski definition) is 1. The molecule has 19 heavy (non-hydrogen) atoms. The van der Waals surface area contributed by atoms with E-state index in [9.17, 15) is 9.59 Å². The predicted molar refractivity (Wildman–Crippen MR) is 75.0 cm³/mol. The van der Waals surface area contributed by atoms with Crippen molar-refractivity contribution in [2.24, 2.45) is 0 Å². The summed E-state index contributed by atoms with van der Waals surface area (Å²) >= 11 is 0. The molecule has 0 atom stereocenters. The molecule has 102 valence electrons. The first-order valence-electron chi connectivity index (χ1n) is 5.84. The molecule has 0 saturated heterocycles. The molecule has 0 unspecified atom stereocenters. The first-order valence-corrected chi connectivity index (χ1v) is 5.84. The third-order valence-corrected chi connectivity index (χ3v) is 2.95. The highest BCUT2D eigenvalue weighted by molar-refractivity contribution is 6.00. The predicted octanol–water partition coefficient (Wildman–Crippen LogP) is 1.73. The number of carbonyl (C=O) groups excluding carboxylic acids is 2. The summed E-state index contributed by atoms with van der Waals surface area (Å²) in [5.41, 5.74) is 3.06. The van der Waals surface area contributed by atoms with Crippen molar-refractivity contribution in [3.8, 4) is 0 Å². The monoisotopic (exact) mass is 281 g/mol. The Morgan fingerprint density at radius 3 is 2.74 bits per heavy atom. The van der Waals surface area contributed by atoms with E-state index < -0.39 is 0 Å². The van der Waals surface area contributed by atoms with Gasteiger partial charge in [-0.3, -0.25) is 9.59 Å². The van der Waals surface area contributed by atoms with Gasteiger partial charge in [0.15, 0.2) is 0 Å². The number of esters is 1. The maximum absolute atomic E-state index is 11.2. The zero-order valence-electron chi connectivity index (χ0n) is 10.6. The average molecular weight is 282 g/mol. The average Bonchev–Trinajstić information content (AvgIpc) is 2.83. The van der Waals surface area contributed by atoms with Crippen LogP contribution >= 0.6 is 12.4 Å². The third-order valence-electron chi connectivity index (χ3n) is 2.95. The Morgan fingerprint density at radius 2 is 2.11 bits per heavy atom. The van der Waals surface area contributed by atoms with Crippen molar-refractivity contribution < 1.29 is 14.3 Å². The summed E-state index contributed by atoms with van der Waals surface area (Å²) in [5.74, 6) is -0.285. The van der Waals surface area contributed by atoms with Crippen molar-refractivity contribution in [1.29, 1.82) is 0 Å². The fourth-order valence-electron chi connectivity index (χ4n) is 2.01. The van der Waals surface area contributed by atoms with Crippen LogP contribution in [0.1, 0.15) is 17.5 Å². The van der Waals surface area contributed by atoms with Crippen LogP contribution in [0.3, 0.4) is 0 Å². The summed E-state index contributed by atoms with van der Waals surface area (Å²) in [6.45, 7) is 0.550. The number of hydrogen-bond acceptors (Lipinski definition) is 3. The van der Waals surface area contributed by atoms with Crippen LogP contribution in [-0.2, 0) is 20.7 Å². The molecule has 4 nitrogen and oxygen atoms in total. The number of halogens is 1. The minimum Gasteiger partial charge on any atom is -0.469 e. The second-order valence-corrected chi connectivity index (χ2v) is 4.12. The number of benzene rings is 1. The Morgan fingerprint density at radius 1 is 1.37 bits per heavy atom. The molecule has 0 saturated carbocycles. The van der Waals surface area contributed by atoms with Crippen LogP contribution in [-0.4, -0.2) is 25.5 Å². The molecule has 1 aliphatic rings. The molecule has 5 heteroatoms. The van der Waals surface area contributed by atoms with E-state index in [-0.39, 0.29) is 24.3 Å². The fraction of sp³-hybridized carbons (Fsp3) is 0.286. The molecule has 0 bridgehead atoms. The van der Waals surface area contributed by atoms with Crippen molar-refractivity contribution >= 4 is 29.9 Å². The Labute approximate surface area is 118 Å². The molecule has 1 aromatic rings. The Kier molecular flexibility index (Phi) is 5.57. The van der Waals surface area contributed by atoms with Gasteiger partial charge in [0.1, 0.15) is 0 Å². The topological polar surface area (TPSA) is 55.4 Å². The fourth-order valence-corrected chi connectivity index (χ4v) is 2.01. The number of rotatable bonds is 4. The van der Waals surface area contributed by atoms with Gasteiger partial charge >= 0.3 is 5.97 Å². The lowest BCUT2D eigenvalue weighted by Crippen LogP contribution is -2.15. The highest BCUT2D eigenvalue weighted by Crippen LogP contribution is 2.22. The van der Waals surface area contributed by atoms with Gasteiger partial charge in [0.05, 0.1) is 7.11 Å². The molecular formula is C14H16ClNO3. The highest BCUT2D eigenvalue weighted by atomic mass is 35.5. The molecule has 1 aliphatic heterocycles. The summed E-state index contributed by atoms with van der Waals surface area (Å²) in [5, 5.41) is 2.75. The van der Waals surface area contributed by atoms with Crippen molar-refractivity contribution in [3.63, 3.8) is 0 Å². The maximum atomic E-state index is 11.2. The van der Waals surface area contributed by atoms with E-state index in [0.717, 1.165) is 16.7 Å². The van der Waals surface area contributed by atoms with Gasteiger partial charge in [-0.15, -0.1) is 12.4 Å². The van der Waals surface area contributed by atoms with E-state index >= 15 is 0 Å². The van der Waals surface area contributed by atoms with Gasteiger partial charge in [-0.05, 0) is 23.1 Å². The van der Waals surface area contributed by atoms with Crippen LogP contribution in [0.25, 0.3) is 5.57 Å². The zero-order chi connectivity index (χ0) is 13.0. The molecule has 0 fully saturated rings. The molecule has 0 aliphatic carbocycles. The van der Waals surface area contributed by atoms with Crippen LogP contribution in [0.2, 0.25) is 0 Å². The SMILES string of the molecule is COC(=O)CCc1ccccc1C1=CC(=O)NC1.Cl. The first-order chi connectivity index (χ1) is 8.70. The summed E-state index contributed by atoms with van der Waals surface area (Å²) < 4.78 is 4.63. The number of carbonyl (C=O) groups is 2. The lowest BCUT2D eigenvalue weighted by atomic mass is 9.97. The maximum Gasteiger partial charge on any atom is 0.305 e. The number of aryl methyl sites for hydroxylation is 1. The largest absolute Gasteiger partial charge is 0.469 e. The number of nitrogens with one attached hydrogen (secondary N) is 1. The number of amides is 1. The van der Waals surface area contributed by atoms with Crippen molar-refractivity contribution in [2.45, 2.75) is 12.8 Å². The summed E-state index contributed by atoms with van der Waals surface area (Å²) in [4.78, 5) is 22.4. The zero-order valence-corrected chi connectivity index (χ0v) is 11.5. The molecule has 0 spiro atoms. The summed E-state index contributed by atoms with van der Waals surface area (Å²) in [6.07, 6.45) is 2.58. The summed E-state index contributed by atoms with van der Waals surface area (Å²) in [7, 11) is 1.39. The minimum absolute atomic E-state index is 0. The second-order valence-electron chi connectivity index (χ2n) is 4.12. The van der Waals surface area contributed by atoms with Crippen LogP contribution in [0, 0.1) is 0 Å². The van der Waals surface area contributed by atoms with E-state index in [1.165, 1.54) is 7.11 Å². The molecule has 1 amide bonds. The molecule has 1 N–H and O–H groups in total. The highest BCUT2D eigenvalue weighted by Gasteiger charge is 2.15. The molecule has 0 aromatic heterocycles. The van der Waals surface area contributed by atoms with Crippen molar-refractivity contribution in [1.82, 2.24) is 5.32 Å². The van der Waals surface area contributed by atoms with E-state index in [4.69, 9.17) is 0 Å². The van der Waals surface area contributed by atoms with Crippen LogP contribution in [0.15, 0.2) is 30.3 Å². The van der Waals surface area contributed by atoms with Crippen LogP contribution < -0.4 is 5.32 Å². The minimum atomic E-state index is -0.223. The van der Waals surface area contributed by atoms with E-state index in [2.05, 4.69) is 10.1 Å².